The first-order chi connectivity index (χ1) is 8.97. The topological polar surface area (TPSA) is 139 Å². The van der Waals surface area contributed by atoms with Gasteiger partial charge in [-0.15, -0.1) is 0 Å². The third kappa shape index (κ3) is 9.57. The Kier molecular flexibility index (Phi) is 8.76. The number of benzene rings is 1. The first kappa shape index (κ1) is 16.9. The second-order valence-corrected chi connectivity index (χ2v) is 3.64. The highest BCUT2D eigenvalue weighted by molar-refractivity contribution is 5.86. The van der Waals surface area contributed by atoms with Crippen LogP contribution in [0.25, 0.3) is 0 Å². The number of rotatable bonds is 6. The minimum Gasteiger partial charge on any atom is -0.508 e. The number of hydrogen-bond acceptors (Lipinski definition) is 5. The van der Waals surface area contributed by atoms with Gasteiger partial charge in [0.25, 0.3) is 0 Å². The summed E-state index contributed by atoms with van der Waals surface area (Å²) in [6.07, 6.45) is -0.144. The van der Waals surface area contributed by atoms with Gasteiger partial charge in [0.05, 0.1) is 19.1 Å². The molecule has 0 aliphatic rings. The number of nitrogens with two attached hydrogens (primary N) is 2. The fraction of sp³-hybridized carbons (Fsp3) is 0.333. The maximum atomic E-state index is 10.6. The number of nitrogens with one attached hydrogen (secondary N) is 1. The van der Waals surface area contributed by atoms with Crippen LogP contribution in [0.3, 0.4) is 0 Å². The zero-order chi connectivity index (χ0) is 14.7. The molecule has 0 spiro atoms. The van der Waals surface area contributed by atoms with Crippen LogP contribution >= 0.6 is 0 Å². The van der Waals surface area contributed by atoms with Crippen LogP contribution in [0.5, 0.6) is 5.75 Å². The summed E-state index contributed by atoms with van der Waals surface area (Å²) >= 11 is 0. The van der Waals surface area contributed by atoms with Gasteiger partial charge in [-0.1, -0.05) is 18.2 Å². The van der Waals surface area contributed by atoms with E-state index in [0.29, 0.717) is 5.75 Å². The third-order valence-electron chi connectivity index (χ3n) is 2.01. The highest BCUT2D eigenvalue weighted by atomic mass is 16.3. The van der Waals surface area contributed by atoms with Crippen LogP contribution in [0, 0.1) is 0 Å². The molecule has 0 radical (unpaired) electrons. The van der Waals surface area contributed by atoms with Gasteiger partial charge in [-0.3, -0.25) is 9.59 Å². The number of primary amides is 2. The fourth-order valence-electron chi connectivity index (χ4n) is 1.14. The lowest BCUT2D eigenvalue weighted by Crippen LogP contribution is -2.44. The minimum absolute atomic E-state index is 0.122. The van der Waals surface area contributed by atoms with Crippen LogP contribution in [0.1, 0.15) is 6.42 Å². The fourth-order valence-corrected chi connectivity index (χ4v) is 1.14. The molecule has 19 heavy (non-hydrogen) atoms. The molecule has 2 amide bonds. The second-order valence-electron chi connectivity index (χ2n) is 3.64. The first-order valence-corrected chi connectivity index (χ1v) is 5.63. The van der Waals surface area contributed by atoms with Gasteiger partial charge in [0, 0.05) is 6.54 Å². The number of aromatic hydroxyl groups is 1. The number of hydrogen-bond donors (Lipinski definition) is 5. The van der Waals surface area contributed by atoms with Crippen molar-refractivity contribution in [1.82, 2.24) is 5.32 Å². The van der Waals surface area contributed by atoms with Crippen molar-refractivity contribution >= 4 is 11.8 Å². The molecule has 0 fully saturated rings. The molecule has 7 N–H and O–H groups in total. The predicted octanol–water partition coefficient (Wildman–Crippen LogP) is -1.31. The lowest BCUT2D eigenvalue weighted by atomic mass is 10.2. The van der Waals surface area contributed by atoms with Gasteiger partial charge in [0.2, 0.25) is 11.8 Å². The van der Waals surface area contributed by atoms with Crippen LogP contribution in [0.15, 0.2) is 30.3 Å². The van der Waals surface area contributed by atoms with Gasteiger partial charge in [0.1, 0.15) is 5.75 Å². The van der Waals surface area contributed by atoms with Crippen molar-refractivity contribution in [2.45, 2.75) is 12.5 Å². The summed E-state index contributed by atoms with van der Waals surface area (Å²) in [4.78, 5) is 21.0. The molecule has 7 nitrogen and oxygen atoms in total. The molecular formula is C12H19N3O4. The van der Waals surface area contributed by atoms with Crippen molar-refractivity contribution in [3.05, 3.63) is 30.3 Å². The standard InChI is InChI=1S/C6H13N3O3.C6H6O/c7-5(11)3-4(6(8)12)9-1-2-10;7-6-4-2-1-3-5-6/h4,9-10H,1-3H2,(H2,7,11)(H2,8,12);1-5,7H. The summed E-state index contributed by atoms with van der Waals surface area (Å²) in [6.45, 7) is 0.0867. The zero-order valence-electron chi connectivity index (χ0n) is 10.5. The molecule has 0 saturated heterocycles. The maximum Gasteiger partial charge on any atom is 0.235 e. The molecule has 1 rings (SSSR count). The SMILES string of the molecule is NC(=O)CC(NCCO)C(N)=O.Oc1ccccc1. The van der Waals surface area contributed by atoms with Crippen molar-refractivity contribution in [2.24, 2.45) is 11.5 Å². The molecule has 0 aliphatic heterocycles. The number of para-hydroxylation sites is 1. The zero-order valence-corrected chi connectivity index (χ0v) is 10.5. The molecule has 106 valence electrons. The second kappa shape index (κ2) is 9.86. The van der Waals surface area contributed by atoms with Gasteiger partial charge in [-0.25, -0.2) is 0 Å². The number of carbonyl (C=O) groups is 2. The Morgan fingerprint density at radius 3 is 2.11 bits per heavy atom. The minimum atomic E-state index is -0.783. The van der Waals surface area contributed by atoms with Gasteiger partial charge in [-0.05, 0) is 12.1 Å². The van der Waals surface area contributed by atoms with Crippen molar-refractivity contribution in [2.75, 3.05) is 13.2 Å². The van der Waals surface area contributed by atoms with Gasteiger partial charge >= 0.3 is 0 Å². The smallest absolute Gasteiger partial charge is 0.235 e. The largest absolute Gasteiger partial charge is 0.508 e. The summed E-state index contributed by atoms with van der Waals surface area (Å²) in [7, 11) is 0. The average Bonchev–Trinajstić information content (AvgIpc) is 2.35. The number of phenols is 1. The average molecular weight is 269 g/mol. The van der Waals surface area contributed by atoms with Gasteiger partial charge in [-0.2, -0.15) is 0 Å². The van der Waals surface area contributed by atoms with Gasteiger partial charge in [0.15, 0.2) is 0 Å². The van der Waals surface area contributed by atoms with Crippen molar-refractivity contribution in [3.8, 4) is 5.75 Å². The molecule has 0 aromatic heterocycles. The third-order valence-corrected chi connectivity index (χ3v) is 2.01. The van der Waals surface area contributed by atoms with E-state index in [2.05, 4.69) is 5.32 Å². The predicted molar refractivity (Wildman–Crippen MR) is 70.0 cm³/mol. The van der Waals surface area contributed by atoms with Crippen LogP contribution in [0.4, 0.5) is 0 Å². The molecule has 0 bridgehead atoms. The maximum absolute atomic E-state index is 10.6. The van der Waals surface area contributed by atoms with Crippen LogP contribution in [-0.4, -0.2) is 41.2 Å². The van der Waals surface area contributed by atoms with E-state index in [1.807, 2.05) is 6.07 Å². The van der Waals surface area contributed by atoms with E-state index in [9.17, 15) is 9.59 Å². The van der Waals surface area contributed by atoms with Crippen molar-refractivity contribution < 1.29 is 19.8 Å². The van der Waals surface area contributed by atoms with E-state index in [-0.39, 0.29) is 19.6 Å². The van der Waals surface area contributed by atoms with Crippen LogP contribution < -0.4 is 16.8 Å². The van der Waals surface area contributed by atoms with E-state index < -0.39 is 17.9 Å². The summed E-state index contributed by atoms with van der Waals surface area (Å²) in [6, 6.07) is 7.93. The highest BCUT2D eigenvalue weighted by Crippen LogP contribution is 2.02. The van der Waals surface area contributed by atoms with Gasteiger partial charge < -0.3 is 27.0 Å². The van der Waals surface area contributed by atoms with Crippen LogP contribution in [0.2, 0.25) is 0 Å². The number of phenolic OH excluding ortho intramolecular Hbond substituents is 1. The Bertz CT molecular complexity index is 384. The molecule has 1 unspecified atom stereocenters. The van der Waals surface area contributed by atoms with E-state index >= 15 is 0 Å². The van der Waals surface area contributed by atoms with E-state index in [0.717, 1.165) is 0 Å². The van der Waals surface area contributed by atoms with Crippen molar-refractivity contribution in [3.63, 3.8) is 0 Å². The molecule has 0 heterocycles. The lowest BCUT2D eigenvalue weighted by molar-refractivity contribution is -0.125. The summed E-state index contributed by atoms with van der Waals surface area (Å²) < 4.78 is 0. The van der Waals surface area contributed by atoms with E-state index in [1.54, 1.807) is 24.3 Å². The lowest BCUT2D eigenvalue weighted by Gasteiger charge is -2.11. The quantitative estimate of drug-likeness (QED) is 0.436. The Morgan fingerprint density at radius 2 is 1.79 bits per heavy atom. The number of aliphatic hydroxyl groups is 1. The Labute approximate surface area is 111 Å². The normalized spacial score (nSPS) is 11.0. The molecule has 1 aromatic rings. The Hall–Kier alpha value is -2.12. The van der Waals surface area contributed by atoms with E-state index in [1.165, 1.54) is 0 Å². The summed E-state index contributed by atoms with van der Waals surface area (Å²) in [5.74, 6) is -0.936. The molecular weight excluding hydrogens is 250 g/mol. The number of aliphatic hydroxyl groups excluding tert-OH is 1. The molecule has 0 saturated carbocycles. The Balaban J connectivity index is 0.000000388. The highest BCUT2D eigenvalue weighted by Gasteiger charge is 2.16. The molecule has 0 aliphatic carbocycles. The molecule has 1 atom stereocenters. The van der Waals surface area contributed by atoms with E-state index in [4.69, 9.17) is 21.7 Å². The summed E-state index contributed by atoms with van der Waals surface area (Å²) in [5.41, 5.74) is 9.79. The Morgan fingerprint density at radius 1 is 1.21 bits per heavy atom. The number of amides is 2. The van der Waals surface area contributed by atoms with Crippen LogP contribution in [-0.2, 0) is 9.59 Å². The van der Waals surface area contributed by atoms with Crippen molar-refractivity contribution in [1.29, 1.82) is 0 Å². The summed E-state index contributed by atoms with van der Waals surface area (Å²) in [5, 5.41) is 19.6. The first-order valence-electron chi connectivity index (χ1n) is 5.63. The molecule has 1 aromatic carbocycles. The number of carbonyl (C=O) groups excluding carboxylic acids is 2. The molecule has 7 heteroatoms. The monoisotopic (exact) mass is 269 g/mol.